The van der Waals surface area contributed by atoms with E-state index in [-0.39, 0.29) is 11.3 Å². The van der Waals surface area contributed by atoms with Gasteiger partial charge in [0, 0.05) is 0 Å². The Labute approximate surface area is 123 Å². The van der Waals surface area contributed by atoms with Crippen molar-refractivity contribution in [1.82, 2.24) is 0 Å². The molecule has 2 aliphatic carbocycles. The van der Waals surface area contributed by atoms with Crippen molar-refractivity contribution in [1.29, 1.82) is 0 Å². The van der Waals surface area contributed by atoms with E-state index in [2.05, 4.69) is 40.7 Å². The molecule has 114 valence electrons. The lowest BCUT2D eigenvalue weighted by Gasteiger charge is -2.53. The van der Waals surface area contributed by atoms with E-state index in [4.69, 9.17) is 0 Å². The molecule has 0 aromatic heterocycles. The van der Waals surface area contributed by atoms with Crippen molar-refractivity contribution in [3.63, 3.8) is 0 Å². The lowest BCUT2D eigenvalue weighted by atomic mass is 9.51. The molecule has 0 aromatic carbocycles. The van der Waals surface area contributed by atoms with Gasteiger partial charge < -0.3 is 5.11 Å². The number of carbonyl (C=O) groups is 1. The maximum Gasteiger partial charge on any atom is 0.306 e. The molecule has 1 fully saturated rings. The van der Waals surface area contributed by atoms with Crippen LogP contribution in [0.4, 0.5) is 0 Å². The Morgan fingerprint density at radius 2 is 1.95 bits per heavy atom. The molecule has 2 heteroatoms. The first-order valence-electron chi connectivity index (χ1n) is 8.19. The Kier molecular flexibility index (Phi) is 4.32. The number of hydrogen-bond donors (Lipinski definition) is 1. The smallest absolute Gasteiger partial charge is 0.306 e. The van der Waals surface area contributed by atoms with Crippen molar-refractivity contribution in [2.24, 2.45) is 35.0 Å². The fourth-order valence-corrected chi connectivity index (χ4v) is 4.96. The van der Waals surface area contributed by atoms with Gasteiger partial charge in [-0.2, -0.15) is 0 Å². The third kappa shape index (κ3) is 2.54. The summed E-state index contributed by atoms with van der Waals surface area (Å²) in [6.45, 7) is 11.8. The lowest BCUT2D eigenvalue weighted by Crippen LogP contribution is -2.45. The van der Waals surface area contributed by atoms with E-state index >= 15 is 0 Å². The van der Waals surface area contributed by atoms with Gasteiger partial charge in [-0.05, 0) is 54.8 Å². The van der Waals surface area contributed by atoms with E-state index in [0.717, 1.165) is 31.6 Å². The standard InChI is InChI=1S/C18H30O2/c1-11(2)15-7-6-14-10-13(17(19)20)8-9-18(14,5)16(15)12(3)4/h6,11-13,15-16H,7-10H2,1-5H3,(H,19,20)/t13-,15?,16?,18-/m0/s1. The van der Waals surface area contributed by atoms with Gasteiger partial charge in [0.05, 0.1) is 5.92 Å². The highest BCUT2D eigenvalue weighted by molar-refractivity contribution is 5.70. The molecule has 0 radical (unpaired) electrons. The summed E-state index contributed by atoms with van der Waals surface area (Å²) in [7, 11) is 0. The summed E-state index contributed by atoms with van der Waals surface area (Å²) in [5, 5.41) is 9.30. The number of allylic oxidation sites excluding steroid dienone is 2. The topological polar surface area (TPSA) is 37.3 Å². The number of rotatable bonds is 3. The first kappa shape index (κ1) is 15.6. The summed E-state index contributed by atoms with van der Waals surface area (Å²) >= 11 is 0. The molecule has 0 bridgehead atoms. The van der Waals surface area contributed by atoms with Crippen molar-refractivity contribution in [3.05, 3.63) is 11.6 Å². The summed E-state index contributed by atoms with van der Waals surface area (Å²) in [6, 6.07) is 0. The fraction of sp³-hybridized carbons (Fsp3) is 0.833. The Hall–Kier alpha value is -0.790. The Morgan fingerprint density at radius 1 is 1.30 bits per heavy atom. The van der Waals surface area contributed by atoms with Crippen molar-refractivity contribution >= 4 is 5.97 Å². The second-order valence-corrected chi connectivity index (χ2v) is 7.84. The third-order valence-electron chi connectivity index (χ3n) is 5.97. The van der Waals surface area contributed by atoms with Gasteiger partial charge in [-0.1, -0.05) is 46.3 Å². The van der Waals surface area contributed by atoms with Crippen LogP contribution in [0.5, 0.6) is 0 Å². The molecule has 2 rings (SSSR count). The fourth-order valence-electron chi connectivity index (χ4n) is 4.96. The van der Waals surface area contributed by atoms with Gasteiger partial charge in [-0.3, -0.25) is 4.79 Å². The minimum Gasteiger partial charge on any atom is -0.481 e. The molecule has 1 N–H and O–H groups in total. The maximum atomic E-state index is 11.3. The predicted octanol–water partition coefficient (Wildman–Crippen LogP) is 4.75. The Bertz CT molecular complexity index is 408. The first-order valence-corrected chi connectivity index (χ1v) is 8.19. The predicted molar refractivity (Wildman–Crippen MR) is 82.4 cm³/mol. The number of aliphatic carboxylic acids is 1. The molecule has 0 spiro atoms. The van der Waals surface area contributed by atoms with Gasteiger partial charge >= 0.3 is 5.97 Å². The number of fused-ring (bicyclic) bond motifs is 1. The molecular formula is C18H30O2. The normalized spacial score (nSPS) is 37.8. The van der Waals surface area contributed by atoms with Gasteiger partial charge in [-0.25, -0.2) is 0 Å². The zero-order valence-corrected chi connectivity index (χ0v) is 13.6. The Morgan fingerprint density at radius 3 is 2.45 bits per heavy atom. The van der Waals surface area contributed by atoms with Crippen molar-refractivity contribution in [2.45, 2.75) is 60.3 Å². The molecule has 0 saturated heterocycles. The summed E-state index contributed by atoms with van der Waals surface area (Å²) in [4.78, 5) is 11.3. The molecular weight excluding hydrogens is 248 g/mol. The van der Waals surface area contributed by atoms with E-state index in [9.17, 15) is 9.90 Å². The van der Waals surface area contributed by atoms with Crippen LogP contribution in [0, 0.1) is 35.0 Å². The van der Waals surface area contributed by atoms with E-state index < -0.39 is 5.97 Å². The quantitative estimate of drug-likeness (QED) is 0.756. The number of carboxylic acids is 1. The average Bonchev–Trinajstić information content (AvgIpc) is 2.35. The molecule has 20 heavy (non-hydrogen) atoms. The van der Waals surface area contributed by atoms with Crippen LogP contribution in [-0.4, -0.2) is 11.1 Å². The zero-order chi connectivity index (χ0) is 15.1. The molecule has 1 saturated carbocycles. The van der Waals surface area contributed by atoms with E-state index in [1.807, 2.05) is 0 Å². The molecule has 0 aromatic rings. The largest absolute Gasteiger partial charge is 0.481 e. The molecule has 2 unspecified atom stereocenters. The van der Waals surface area contributed by atoms with Gasteiger partial charge in [-0.15, -0.1) is 0 Å². The number of hydrogen-bond acceptors (Lipinski definition) is 1. The molecule has 2 aliphatic rings. The van der Waals surface area contributed by atoms with Crippen LogP contribution in [0.3, 0.4) is 0 Å². The highest BCUT2D eigenvalue weighted by Crippen LogP contribution is 2.57. The van der Waals surface area contributed by atoms with Gasteiger partial charge in [0.2, 0.25) is 0 Å². The summed E-state index contributed by atoms with van der Waals surface area (Å²) < 4.78 is 0. The lowest BCUT2D eigenvalue weighted by molar-refractivity contribution is -0.143. The van der Waals surface area contributed by atoms with E-state index in [0.29, 0.717) is 17.8 Å². The minimum absolute atomic E-state index is 0.155. The zero-order valence-electron chi connectivity index (χ0n) is 13.6. The molecule has 0 heterocycles. The van der Waals surface area contributed by atoms with Crippen molar-refractivity contribution in [2.75, 3.05) is 0 Å². The Balaban J connectivity index is 2.33. The molecule has 4 atom stereocenters. The van der Waals surface area contributed by atoms with Gasteiger partial charge in [0.25, 0.3) is 0 Å². The second-order valence-electron chi connectivity index (χ2n) is 7.84. The summed E-state index contributed by atoms with van der Waals surface area (Å²) in [6.07, 6.45) is 6.19. The van der Waals surface area contributed by atoms with Crippen LogP contribution in [-0.2, 0) is 4.79 Å². The van der Waals surface area contributed by atoms with Crippen molar-refractivity contribution < 1.29 is 9.90 Å². The number of carboxylic acid groups (broad SMARTS) is 1. The highest BCUT2D eigenvalue weighted by atomic mass is 16.4. The molecule has 0 aliphatic heterocycles. The third-order valence-corrected chi connectivity index (χ3v) is 5.97. The van der Waals surface area contributed by atoms with Crippen LogP contribution in [0.1, 0.15) is 60.3 Å². The molecule has 0 amide bonds. The van der Waals surface area contributed by atoms with Crippen LogP contribution in [0.25, 0.3) is 0 Å². The van der Waals surface area contributed by atoms with Crippen LogP contribution in [0.15, 0.2) is 11.6 Å². The SMILES string of the molecule is CC(C)C1CC=C2C[C@@H](C(=O)O)CC[C@]2(C)C1C(C)C. The first-order chi connectivity index (χ1) is 9.27. The van der Waals surface area contributed by atoms with Crippen LogP contribution >= 0.6 is 0 Å². The maximum absolute atomic E-state index is 11.3. The summed E-state index contributed by atoms with van der Waals surface area (Å²) in [5.41, 5.74) is 1.67. The second kappa shape index (κ2) is 5.54. The van der Waals surface area contributed by atoms with E-state index in [1.165, 1.54) is 5.57 Å². The minimum atomic E-state index is -0.611. The monoisotopic (exact) mass is 278 g/mol. The van der Waals surface area contributed by atoms with Crippen LogP contribution in [0.2, 0.25) is 0 Å². The highest BCUT2D eigenvalue weighted by Gasteiger charge is 2.49. The average molecular weight is 278 g/mol. The van der Waals surface area contributed by atoms with Crippen LogP contribution < -0.4 is 0 Å². The van der Waals surface area contributed by atoms with Gasteiger partial charge in [0.15, 0.2) is 0 Å². The van der Waals surface area contributed by atoms with E-state index in [1.54, 1.807) is 0 Å². The molecule has 2 nitrogen and oxygen atoms in total. The van der Waals surface area contributed by atoms with Crippen molar-refractivity contribution in [3.8, 4) is 0 Å². The summed E-state index contributed by atoms with van der Waals surface area (Å²) in [5.74, 6) is 2.03. The van der Waals surface area contributed by atoms with Gasteiger partial charge in [0.1, 0.15) is 0 Å².